The summed E-state index contributed by atoms with van der Waals surface area (Å²) in [6.07, 6.45) is 4.62. The molecule has 0 bridgehead atoms. The van der Waals surface area contributed by atoms with E-state index in [0.29, 0.717) is 5.69 Å². The van der Waals surface area contributed by atoms with Gasteiger partial charge in [-0.1, -0.05) is 40.2 Å². The number of fused-ring (bicyclic) bond motifs is 1. The van der Waals surface area contributed by atoms with E-state index in [0.717, 1.165) is 20.9 Å². The second kappa shape index (κ2) is 8.40. The van der Waals surface area contributed by atoms with Crippen molar-refractivity contribution < 1.29 is 14.3 Å². The summed E-state index contributed by atoms with van der Waals surface area (Å²) in [5.74, 6) is -0.996. The Hall–Kier alpha value is -2.99. The zero-order chi connectivity index (χ0) is 18.4. The topological polar surface area (TPSA) is 68.3 Å². The molecule has 0 unspecified atom stereocenters. The molecular formula is C20H15BrN2O3. The molecule has 0 saturated heterocycles. The van der Waals surface area contributed by atoms with Crippen LogP contribution in [0.4, 0.5) is 5.69 Å². The lowest BCUT2D eigenvalue weighted by molar-refractivity contribution is -0.142. The highest BCUT2D eigenvalue weighted by atomic mass is 79.9. The van der Waals surface area contributed by atoms with E-state index in [4.69, 9.17) is 4.74 Å². The highest BCUT2D eigenvalue weighted by Crippen LogP contribution is 2.17. The molecule has 0 saturated carbocycles. The molecule has 0 radical (unpaired) electrons. The van der Waals surface area contributed by atoms with Crippen LogP contribution in [-0.2, 0) is 14.3 Å². The van der Waals surface area contributed by atoms with Crippen molar-refractivity contribution in [1.82, 2.24) is 4.98 Å². The Balaban J connectivity index is 1.55. The first kappa shape index (κ1) is 17.8. The minimum atomic E-state index is -0.594. The van der Waals surface area contributed by atoms with E-state index in [1.54, 1.807) is 24.4 Å². The van der Waals surface area contributed by atoms with Crippen molar-refractivity contribution in [2.75, 3.05) is 11.9 Å². The Morgan fingerprint density at radius 1 is 1.08 bits per heavy atom. The van der Waals surface area contributed by atoms with Crippen LogP contribution in [0.5, 0.6) is 0 Å². The van der Waals surface area contributed by atoms with Crippen LogP contribution < -0.4 is 5.32 Å². The smallest absolute Gasteiger partial charge is 0.331 e. The summed E-state index contributed by atoms with van der Waals surface area (Å²) < 4.78 is 5.88. The molecule has 0 atom stereocenters. The molecule has 0 fully saturated rings. The molecular weight excluding hydrogens is 396 g/mol. The van der Waals surface area contributed by atoms with Crippen LogP contribution in [-0.4, -0.2) is 23.5 Å². The first-order valence-corrected chi connectivity index (χ1v) is 8.65. The van der Waals surface area contributed by atoms with Crippen LogP contribution >= 0.6 is 15.9 Å². The molecule has 1 amide bonds. The fourth-order valence-electron chi connectivity index (χ4n) is 2.34. The monoisotopic (exact) mass is 410 g/mol. The predicted molar refractivity (Wildman–Crippen MR) is 105 cm³/mol. The minimum absolute atomic E-state index is 0.354. The number of para-hydroxylation sites is 1. The molecule has 1 aromatic heterocycles. The van der Waals surface area contributed by atoms with Gasteiger partial charge in [-0.05, 0) is 36.4 Å². The van der Waals surface area contributed by atoms with Gasteiger partial charge in [-0.3, -0.25) is 9.78 Å². The number of rotatable bonds is 5. The first-order chi connectivity index (χ1) is 12.6. The first-order valence-electron chi connectivity index (χ1n) is 7.86. The number of halogens is 1. The van der Waals surface area contributed by atoms with E-state index in [1.807, 2.05) is 42.5 Å². The van der Waals surface area contributed by atoms with Gasteiger partial charge in [0.2, 0.25) is 0 Å². The molecule has 2 aromatic carbocycles. The van der Waals surface area contributed by atoms with Crippen molar-refractivity contribution in [3.8, 4) is 0 Å². The fourth-order valence-corrected chi connectivity index (χ4v) is 2.60. The number of nitrogens with zero attached hydrogens (tertiary/aromatic N) is 1. The number of amides is 1. The zero-order valence-corrected chi connectivity index (χ0v) is 15.3. The van der Waals surface area contributed by atoms with Gasteiger partial charge in [0, 0.05) is 33.4 Å². The van der Waals surface area contributed by atoms with Crippen LogP contribution in [0.1, 0.15) is 5.56 Å². The molecule has 0 aliphatic carbocycles. The SMILES string of the molecule is O=C(COC(=O)/C=C/c1cccc2cccnc12)Nc1ccc(Br)cc1. The molecule has 26 heavy (non-hydrogen) atoms. The van der Waals surface area contributed by atoms with Crippen LogP contribution in [0.3, 0.4) is 0 Å². The number of anilines is 1. The number of carbonyl (C=O) groups is 2. The van der Waals surface area contributed by atoms with Gasteiger partial charge < -0.3 is 10.1 Å². The van der Waals surface area contributed by atoms with E-state index in [9.17, 15) is 9.59 Å². The molecule has 5 nitrogen and oxygen atoms in total. The molecule has 3 rings (SSSR count). The molecule has 0 aliphatic heterocycles. The summed E-state index contributed by atoms with van der Waals surface area (Å²) in [5.41, 5.74) is 2.23. The Kier molecular flexibility index (Phi) is 5.76. The maximum Gasteiger partial charge on any atom is 0.331 e. The zero-order valence-electron chi connectivity index (χ0n) is 13.7. The molecule has 1 heterocycles. The van der Waals surface area contributed by atoms with Gasteiger partial charge in [0.15, 0.2) is 6.61 Å². The Labute approximate surface area is 158 Å². The largest absolute Gasteiger partial charge is 0.452 e. The summed E-state index contributed by atoms with van der Waals surface area (Å²) in [4.78, 5) is 28.0. The Bertz CT molecular complexity index is 963. The van der Waals surface area contributed by atoms with E-state index in [1.165, 1.54) is 6.08 Å². The van der Waals surface area contributed by atoms with Crippen molar-refractivity contribution in [1.29, 1.82) is 0 Å². The van der Waals surface area contributed by atoms with E-state index < -0.39 is 11.9 Å². The number of aromatic nitrogens is 1. The maximum atomic E-state index is 11.8. The number of pyridine rings is 1. The maximum absolute atomic E-state index is 11.8. The summed E-state index contributed by atoms with van der Waals surface area (Å²) >= 11 is 3.32. The predicted octanol–water partition coefficient (Wildman–Crippen LogP) is 4.19. The lowest BCUT2D eigenvalue weighted by atomic mass is 10.1. The van der Waals surface area contributed by atoms with E-state index in [-0.39, 0.29) is 6.61 Å². The van der Waals surface area contributed by atoms with Crippen molar-refractivity contribution in [3.05, 3.63) is 76.9 Å². The van der Waals surface area contributed by atoms with E-state index in [2.05, 4.69) is 26.2 Å². The molecule has 3 aromatic rings. The number of carbonyl (C=O) groups excluding carboxylic acids is 2. The minimum Gasteiger partial charge on any atom is -0.452 e. The van der Waals surface area contributed by atoms with Gasteiger partial charge >= 0.3 is 5.97 Å². The average molecular weight is 411 g/mol. The lowest BCUT2D eigenvalue weighted by Gasteiger charge is -2.05. The second-order valence-corrected chi connectivity index (χ2v) is 6.33. The molecule has 130 valence electrons. The highest BCUT2D eigenvalue weighted by molar-refractivity contribution is 9.10. The standard InChI is InChI=1S/C20H15BrN2O3/c21-16-7-9-17(10-8-16)23-18(24)13-26-19(25)11-6-15-4-1-3-14-5-2-12-22-20(14)15/h1-12H,13H2,(H,23,24)/b11-6+. The number of hydrogen-bond acceptors (Lipinski definition) is 4. The van der Waals surface area contributed by atoms with Gasteiger partial charge in [0.1, 0.15) is 0 Å². The van der Waals surface area contributed by atoms with Gasteiger partial charge in [-0.2, -0.15) is 0 Å². The molecule has 0 aliphatic rings. The van der Waals surface area contributed by atoms with Gasteiger partial charge in [0.05, 0.1) is 5.52 Å². The summed E-state index contributed by atoms with van der Waals surface area (Å²) in [7, 11) is 0. The molecule has 6 heteroatoms. The lowest BCUT2D eigenvalue weighted by Crippen LogP contribution is -2.20. The summed E-state index contributed by atoms with van der Waals surface area (Å²) in [5, 5.41) is 3.63. The molecule has 1 N–H and O–H groups in total. The fraction of sp³-hybridized carbons (Fsp3) is 0.0500. The van der Waals surface area contributed by atoms with Crippen LogP contribution in [0, 0.1) is 0 Å². The van der Waals surface area contributed by atoms with Crippen molar-refractivity contribution in [2.24, 2.45) is 0 Å². The quantitative estimate of drug-likeness (QED) is 0.505. The third-order valence-corrected chi connectivity index (χ3v) is 4.07. The number of benzene rings is 2. The number of nitrogens with one attached hydrogen (secondary N) is 1. The Morgan fingerprint density at radius 3 is 2.65 bits per heavy atom. The van der Waals surface area contributed by atoms with Gasteiger partial charge in [-0.15, -0.1) is 0 Å². The second-order valence-electron chi connectivity index (χ2n) is 5.42. The summed E-state index contributed by atoms with van der Waals surface area (Å²) in [6, 6.07) is 16.6. The number of ether oxygens (including phenoxy) is 1. The third kappa shape index (κ3) is 4.77. The Morgan fingerprint density at radius 2 is 1.85 bits per heavy atom. The normalized spacial score (nSPS) is 10.8. The van der Waals surface area contributed by atoms with Gasteiger partial charge in [-0.25, -0.2) is 4.79 Å². The summed E-state index contributed by atoms with van der Waals surface area (Å²) in [6.45, 7) is -0.354. The van der Waals surface area contributed by atoms with Gasteiger partial charge in [0.25, 0.3) is 5.91 Å². The van der Waals surface area contributed by atoms with Crippen LogP contribution in [0.25, 0.3) is 17.0 Å². The van der Waals surface area contributed by atoms with Crippen molar-refractivity contribution in [3.63, 3.8) is 0 Å². The van der Waals surface area contributed by atoms with Crippen LogP contribution in [0.15, 0.2) is 71.3 Å². The average Bonchev–Trinajstić information content (AvgIpc) is 2.66. The number of esters is 1. The molecule has 0 spiro atoms. The van der Waals surface area contributed by atoms with Crippen molar-refractivity contribution >= 4 is 50.5 Å². The number of hydrogen-bond donors (Lipinski definition) is 1. The van der Waals surface area contributed by atoms with Crippen molar-refractivity contribution in [2.45, 2.75) is 0 Å². The van der Waals surface area contributed by atoms with Crippen LogP contribution in [0.2, 0.25) is 0 Å². The highest BCUT2D eigenvalue weighted by Gasteiger charge is 2.06. The third-order valence-electron chi connectivity index (χ3n) is 3.54. The van der Waals surface area contributed by atoms with E-state index >= 15 is 0 Å².